The number of alkyl halides is 6. The van der Waals surface area contributed by atoms with Gasteiger partial charge in [-0.05, 0) is 0 Å². The fourth-order valence-electron chi connectivity index (χ4n) is 4.80. The summed E-state index contributed by atoms with van der Waals surface area (Å²) in [4.78, 5) is 23.2. The van der Waals surface area contributed by atoms with Gasteiger partial charge in [0.15, 0.2) is 0 Å². The van der Waals surface area contributed by atoms with Crippen LogP contribution in [0.3, 0.4) is 0 Å². The van der Waals surface area contributed by atoms with E-state index in [9.17, 15) is 35.9 Å². The number of hydrogen-bond donors (Lipinski definition) is 2. The van der Waals surface area contributed by atoms with Crippen molar-refractivity contribution in [2.75, 3.05) is 10.6 Å². The van der Waals surface area contributed by atoms with Gasteiger partial charge in [0.1, 0.15) is 0 Å². The van der Waals surface area contributed by atoms with E-state index >= 15 is 17.6 Å². The Hall–Kier alpha value is -3.65. The van der Waals surface area contributed by atoms with E-state index in [-0.39, 0.29) is 20.6 Å². The van der Waals surface area contributed by atoms with Gasteiger partial charge in [-0.25, -0.2) is 0 Å². The molecule has 2 aromatic carbocycles. The molecule has 0 fully saturated rings. The molecule has 0 aliphatic heterocycles. The molecule has 0 spiro atoms. The van der Waals surface area contributed by atoms with Gasteiger partial charge < -0.3 is 0 Å². The van der Waals surface area contributed by atoms with Crippen LogP contribution in [0.2, 0.25) is 0 Å². The van der Waals surface area contributed by atoms with Gasteiger partial charge in [-0.1, -0.05) is 0 Å². The molecule has 0 aromatic heterocycles. The number of benzene rings is 2. The Morgan fingerprint density at radius 2 is 1.00 bits per heavy atom. The average molecular weight is 626 g/mol. The third-order valence-corrected chi connectivity index (χ3v) is 14.4. The number of carbonyl (C=O) groups excluding carboxylic acids is 2. The molecule has 2 aliphatic carbocycles. The van der Waals surface area contributed by atoms with E-state index in [1.165, 1.54) is 47.1 Å². The number of halogens is 10. The number of hydrogen-bond acceptors (Lipinski definition) is 2. The Balaban J connectivity index is 2.09. The summed E-state index contributed by atoms with van der Waals surface area (Å²) in [6, 6.07) is 2.03. The molecule has 0 atom stereocenters. The minimum absolute atomic E-state index is 0.0779. The zero-order valence-corrected chi connectivity index (χ0v) is 21.8. The van der Waals surface area contributed by atoms with Crippen molar-refractivity contribution in [1.82, 2.24) is 0 Å². The maximum absolute atomic E-state index is 16.2. The predicted molar refractivity (Wildman–Crippen MR) is 125 cm³/mol. The molecule has 2 amide bonds. The molecule has 216 valence electrons. The first-order chi connectivity index (χ1) is 19.1. The molecule has 0 saturated carbocycles. The van der Waals surface area contributed by atoms with Crippen molar-refractivity contribution >= 4 is 30.9 Å². The molecule has 0 unspecified atom stereocenters. The topological polar surface area (TPSA) is 58.2 Å². The van der Waals surface area contributed by atoms with Crippen LogP contribution in [0, 0.1) is 23.3 Å². The van der Waals surface area contributed by atoms with Crippen molar-refractivity contribution in [3.05, 3.63) is 91.7 Å². The van der Waals surface area contributed by atoms with E-state index in [0.717, 1.165) is 0 Å². The number of amides is 2. The van der Waals surface area contributed by atoms with E-state index < -0.39 is 83.1 Å². The normalized spacial score (nSPS) is 15.2. The third-order valence-electron chi connectivity index (χ3n) is 6.45. The molecule has 0 heterocycles. The molecule has 2 aromatic rings. The first kappa shape index (κ1) is 30.3. The number of carbonyl (C=O) groups is 2. The summed E-state index contributed by atoms with van der Waals surface area (Å²) < 4.78 is 139. The monoisotopic (exact) mass is 626 g/mol. The molecular formula is C26H16F10N2O2Ti. The van der Waals surface area contributed by atoms with E-state index in [2.05, 4.69) is 0 Å². The summed E-state index contributed by atoms with van der Waals surface area (Å²) in [6.45, 7) is 0. The van der Waals surface area contributed by atoms with Crippen LogP contribution in [0.15, 0.2) is 68.5 Å². The van der Waals surface area contributed by atoms with Gasteiger partial charge in [0.05, 0.1) is 0 Å². The van der Waals surface area contributed by atoms with Crippen molar-refractivity contribution in [1.29, 1.82) is 0 Å². The van der Waals surface area contributed by atoms with E-state index in [0.29, 0.717) is 24.3 Å². The second-order valence-electron chi connectivity index (χ2n) is 8.87. The Kier molecular flexibility index (Phi) is 8.11. The molecule has 4 rings (SSSR count). The quantitative estimate of drug-likeness (QED) is 0.304. The number of nitrogens with one attached hydrogen (secondary N) is 2. The van der Waals surface area contributed by atoms with Gasteiger partial charge in [-0.2, -0.15) is 0 Å². The van der Waals surface area contributed by atoms with E-state index in [4.69, 9.17) is 0 Å². The fourth-order valence-corrected chi connectivity index (χ4v) is 13.1. The van der Waals surface area contributed by atoms with Crippen LogP contribution in [0.1, 0.15) is 12.8 Å². The van der Waals surface area contributed by atoms with Gasteiger partial charge in [0.25, 0.3) is 0 Å². The van der Waals surface area contributed by atoms with E-state index in [1.54, 1.807) is 0 Å². The zero-order chi connectivity index (χ0) is 30.3. The number of anilines is 2. The summed E-state index contributed by atoms with van der Waals surface area (Å²) in [5.41, 5.74) is -2.28. The molecule has 41 heavy (non-hydrogen) atoms. The second kappa shape index (κ2) is 11.0. The summed E-state index contributed by atoms with van der Waals surface area (Å²) in [5.74, 6) is -11.5. The molecule has 0 saturated heterocycles. The SMILES string of the molecule is O=C(Nc1ccc(F)[c]([Ti]([C]2=CC=CC2)([C]2=CC=CC2)[c]2c(F)ccc(NC(=O)C(F)(F)F)c2F)c1F)C(F)(F)F. The number of allylic oxidation sites excluding steroid dienone is 8. The van der Waals surface area contributed by atoms with Crippen molar-refractivity contribution in [2.24, 2.45) is 0 Å². The first-order valence-electron chi connectivity index (χ1n) is 11.6. The fraction of sp³-hybridized carbons (Fsp3) is 0.154. The standard InChI is InChI=1S/2C8H3F5NO.2C5H5.Ti/c2*9-4-1-2-6(5(10)3-4)14-7(15)8(11,12)13;2*1-2-4-5-3-1;/h2*1-2H,(H,14,15);2*1-3H,4H2;. The summed E-state index contributed by atoms with van der Waals surface area (Å²) in [7, 11) is 0. The first-order valence-corrected chi connectivity index (χ1v) is 14.7. The Bertz CT molecular complexity index is 1440. The molecule has 4 nitrogen and oxygen atoms in total. The van der Waals surface area contributed by atoms with E-state index in [1.807, 2.05) is 0 Å². The molecule has 0 bridgehead atoms. The number of rotatable bonds is 6. The van der Waals surface area contributed by atoms with Crippen LogP contribution in [0.25, 0.3) is 0 Å². The van der Waals surface area contributed by atoms with Crippen LogP contribution in [0.4, 0.5) is 55.3 Å². The van der Waals surface area contributed by atoms with Gasteiger partial charge in [0, 0.05) is 0 Å². The van der Waals surface area contributed by atoms with Crippen LogP contribution >= 0.6 is 0 Å². The van der Waals surface area contributed by atoms with Crippen LogP contribution < -0.4 is 18.4 Å². The Labute approximate surface area is 228 Å². The van der Waals surface area contributed by atoms with Crippen LogP contribution in [0.5, 0.6) is 0 Å². The zero-order valence-electron chi connectivity index (χ0n) is 20.3. The van der Waals surface area contributed by atoms with Crippen molar-refractivity contribution in [2.45, 2.75) is 25.2 Å². The van der Waals surface area contributed by atoms with Crippen LogP contribution in [-0.2, 0) is 26.2 Å². The predicted octanol–water partition coefficient (Wildman–Crippen LogP) is 6.04. The van der Waals surface area contributed by atoms with Gasteiger partial charge in [-0.3, -0.25) is 0 Å². The third kappa shape index (κ3) is 5.50. The average Bonchev–Trinajstić information content (AvgIpc) is 3.60. The summed E-state index contributed by atoms with van der Waals surface area (Å²) in [5, 5.41) is 2.58. The van der Waals surface area contributed by atoms with Gasteiger partial charge in [0.2, 0.25) is 0 Å². The van der Waals surface area contributed by atoms with Gasteiger partial charge in [-0.15, -0.1) is 0 Å². The maximum atomic E-state index is 16.2. The van der Waals surface area contributed by atoms with Crippen molar-refractivity contribution < 1.29 is 70.1 Å². The van der Waals surface area contributed by atoms with Crippen molar-refractivity contribution in [3.8, 4) is 0 Å². The van der Waals surface area contributed by atoms with Crippen molar-refractivity contribution in [3.63, 3.8) is 0 Å². The molecule has 2 N–H and O–H groups in total. The molecular weight excluding hydrogens is 610 g/mol. The van der Waals surface area contributed by atoms with Gasteiger partial charge >= 0.3 is 229 Å². The molecule has 0 radical (unpaired) electrons. The molecule has 15 heteroatoms. The second-order valence-corrected chi connectivity index (χ2v) is 14.8. The molecule has 2 aliphatic rings. The van der Waals surface area contributed by atoms with Crippen LogP contribution in [-0.4, -0.2) is 24.2 Å². The Morgan fingerprint density at radius 1 is 0.634 bits per heavy atom. The Morgan fingerprint density at radius 3 is 1.29 bits per heavy atom. The summed E-state index contributed by atoms with van der Waals surface area (Å²) >= 11 is -5.67. The summed E-state index contributed by atoms with van der Waals surface area (Å²) in [6.07, 6.45) is -2.76. The minimum atomic E-state index is -5.67.